The van der Waals surface area contributed by atoms with E-state index in [4.69, 9.17) is 24.1 Å². The summed E-state index contributed by atoms with van der Waals surface area (Å²) < 4.78 is 19.7. The monoisotopic (exact) mass is 637 g/mol. The van der Waals surface area contributed by atoms with E-state index < -0.39 is 6.29 Å². The third kappa shape index (κ3) is 13.3. The van der Waals surface area contributed by atoms with Crippen LogP contribution in [0.1, 0.15) is 39.5 Å². The van der Waals surface area contributed by atoms with Gasteiger partial charge in [0.05, 0.1) is 5.75 Å². The van der Waals surface area contributed by atoms with E-state index in [9.17, 15) is 14.4 Å². The fourth-order valence-corrected chi connectivity index (χ4v) is 3.42. The predicted molar refractivity (Wildman–Crippen MR) is 97.4 cm³/mol. The Balaban J connectivity index is 0.000000483. The molecule has 2 aliphatic heterocycles. The molecule has 0 aromatic heterocycles. The van der Waals surface area contributed by atoms with Gasteiger partial charge in [0.1, 0.15) is 18.6 Å². The minimum absolute atomic E-state index is 0. The van der Waals surface area contributed by atoms with Gasteiger partial charge in [-0.15, -0.1) is 23.5 Å². The second kappa shape index (κ2) is 16.3. The third-order valence-electron chi connectivity index (χ3n) is 3.05. The summed E-state index contributed by atoms with van der Waals surface area (Å²) in [6.07, 6.45) is 1.72. The molecular weight excluding hydrogens is 611 g/mol. The van der Waals surface area contributed by atoms with E-state index in [0.717, 1.165) is 12.8 Å². The Hall–Kier alpha value is 0.472. The van der Waals surface area contributed by atoms with Crippen molar-refractivity contribution in [2.75, 3.05) is 24.7 Å². The number of aliphatic hydroxyl groups is 1. The van der Waals surface area contributed by atoms with Gasteiger partial charge in [0.15, 0.2) is 11.7 Å². The average Bonchev–Trinajstić information content (AvgIpc) is 3.20. The average molecular weight is 638 g/mol. The van der Waals surface area contributed by atoms with Gasteiger partial charge in [-0.1, -0.05) is 13.8 Å². The molecule has 0 bridgehead atoms. The van der Waals surface area contributed by atoms with E-state index in [2.05, 4.69) is 0 Å². The van der Waals surface area contributed by atoms with Crippen LogP contribution in [-0.2, 0) is 33.3 Å². The molecule has 0 amide bonds. The van der Waals surface area contributed by atoms with Gasteiger partial charge in [-0.25, -0.2) is 0 Å². The third-order valence-corrected chi connectivity index (χ3v) is 5.16. The maximum absolute atomic E-state index is 10.9. The van der Waals surface area contributed by atoms with Crippen LogP contribution in [0.5, 0.6) is 0 Å². The molecule has 2 aliphatic rings. The van der Waals surface area contributed by atoms with Crippen molar-refractivity contribution in [2.45, 2.75) is 56.7 Å². The number of carbonyl (C=O) groups is 3. The van der Waals surface area contributed by atoms with E-state index in [1.165, 1.54) is 23.5 Å². The van der Waals surface area contributed by atoms with E-state index in [-0.39, 0.29) is 86.1 Å². The Morgan fingerprint density at radius 1 is 1.07 bits per heavy atom. The van der Waals surface area contributed by atoms with Gasteiger partial charge in [0, 0.05) is 62.7 Å². The van der Waals surface area contributed by atoms with Gasteiger partial charge in [-0.2, -0.15) is 0 Å². The van der Waals surface area contributed by atoms with Crippen LogP contribution >= 0.6 is 23.5 Å². The minimum Gasteiger partial charge on any atom is -0.462 e. The topological polar surface area (TPSA) is 108 Å². The van der Waals surface area contributed by atoms with Crippen molar-refractivity contribution in [2.24, 2.45) is 0 Å². The molecule has 0 aromatic carbocycles. The fourth-order valence-electron chi connectivity index (χ4n) is 1.86. The Morgan fingerprint density at radius 2 is 1.63 bits per heavy atom. The molecule has 2 heterocycles. The van der Waals surface area contributed by atoms with Crippen molar-refractivity contribution in [1.82, 2.24) is 0 Å². The van der Waals surface area contributed by atoms with Crippen molar-refractivity contribution in [3.8, 4) is 0 Å². The van der Waals surface area contributed by atoms with Crippen LogP contribution in [0.15, 0.2) is 0 Å². The van der Waals surface area contributed by atoms with Crippen LogP contribution in [0.4, 0.5) is 0 Å². The van der Waals surface area contributed by atoms with E-state index in [1.54, 1.807) is 0 Å². The maximum atomic E-state index is 10.9. The second-order valence-corrected chi connectivity index (χ2v) is 7.79. The maximum Gasteiger partial charge on any atom is 0.317 e. The molecule has 2 fully saturated rings. The van der Waals surface area contributed by atoms with Crippen LogP contribution in [0.3, 0.4) is 0 Å². The molecule has 153 valence electrons. The summed E-state index contributed by atoms with van der Waals surface area (Å²) in [6, 6.07) is 0. The summed E-state index contributed by atoms with van der Waals surface area (Å²) in [4.78, 5) is 32.5. The van der Waals surface area contributed by atoms with Gasteiger partial charge in [0.2, 0.25) is 0 Å². The smallest absolute Gasteiger partial charge is 0.317 e. The quantitative estimate of drug-likeness (QED) is 0.312. The Morgan fingerprint density at radius 3 is 2.04 bits per heavy atom. The number of ether oxygens (including phenoxy) is 4. The number of hydrogen-bond acceptors (Lipinski definition) is 10. The SMILES string of the molecule is CCCC(=O)OCC1OC(=O)CS1.CCCC(=O)OCC1OC(O)CS1.[Ac]. The number of esters is 3. The van der Waals surface area contributed by atoms with Crippen LogP contribution in [0, 0.1) is 44.1 Å². The Bertz CT molecular complexity index is 466. The number of hydrogen-bond donors (Lipinski definition) is 1. The summed E-state index contributed by atoms with van der Waals surface area (Å²) in [5.41, 5.74) is -0.496. The van der Waals surface area contributed by atoms with Crippen LogP contribution in [0.25, 0.3) is 0 Å². The number of carbonyl (C=O) groups excluding carboxylic acids is 3. The summed E-state index contributed by atoms with van der Waals surface area (Å²) >= 11 is 2.82. The molecule has 27 heavy (non-hydrogen) atoms. The Kier molecular flexibility index (Phi) is 16.6. The molecule has 0 saturated carbocycles. The van der Waals surface area contributed by atoms with Crippen molar-refractivity contribution >= 4 is 41.4 Å². The molecule has 1 N–H and O–H groups in total. The molecule has 3 atom stereocenters. The fraction of sp³-hybridized carbons (Fsp3) is 0.812. The van der Waals surface area contributed by atoms with E-state index in [1.807, 2.05) is 13.8 Å². The molecular formula is C16H26AcO8S2. The van der Waals surface area contributed by atoms with Gasteiger partial charge in [-0.3, -0.25) is 14.4 Å². The molecule has 2 saturated heterocycles. The van der Waals surface area contributed by atoms with Crippen molar-refractivity contribution in [1.29, 1.82) is 0 Å². The predicted octanol–water partition coefficient (Wildman–Crippen LogP) is 1.68. The van der Waals surface area contributed by atoms with E-state index in [0.29, 0.717) is 24.3 Å². The molecule has 0 aliphatic carbocycles. The number of rotatable bonds is 8. The van der Waals surface area contributed by atoms with Crippen LogP contribution < -0.4 is 0 Å². The standard InChI is InChI=1S/C8H14O4S.C8H12O4S.Ac/c2*1-2-3-6(9)11-4-8-12-7(10)5-13-8;/h7-8,10H,2-5H2,1H3;8H,2-5H2,1H3;. The second-order valence-electron chi connectivity index (χ2n) is 5.45. The number of aliphatic hydroxyl groups excluding tert-OH is 1. The number of cyclic esters (lactones) is 1. The zero-order valence-electron chi connectivity index (χ0n) is 15.6. The normalized spacial score (nSPS) is 23.5. The summed E-state index contributed by atoms with van der Waals surface area (Å²) in [6.45, 7) is 4.24. The molecule has 1 radical (unpaired) electrons. The molecule has 0 spiro atoms. The molecule has 3 unspecified atom stereocenters. The summed E-state index contributed by atoms with van der Waals surface area (Å²) in [5, 5.41) is 8.98. The zero-order valence-corrected chi connectivity index (χ0v) is 22.0. The zero-order chi connectivity index (χ0) is 19.4. The van der Waals surface area contributed by atoms with Gasteiger partial charge < -0.3 is 24.1 Å². The molecule has 8 nitrogen and oxygen atoms in total. The van der Waals surface area contributed by atoms with Gasteiger partial charge >= 0.3 is 17.9 Å². The van der Waals surface area contributed by atoms with E-state index >= 15 is 0 Å². The first-order valence-electron chi connectivity index (χ1n) is 8.52. The number of thioether (sulfide) groups is 2. The Labute approximate surface area is 203 Å². The van der Waals surface area contributed by atoms with Crippen molar-refractivity contribution < 1.29 is 82.5 Å². The summed E-state index contributed by atoms with van der Waals surface area (Å²) in [5.74, 6) is 0.243. The van der Waals surface area contributed by atoms with Crippen molar-refractivity contribution in [3.63, 3.8) is 0 Å². The largest absolute Gasteiger partial charge is 0.462 e. The molecule has 11 heteroatoms. The summed E-state index contributed by atoms with van der Waals surface area (Å²) in [7, 11) is 0. The van der Waals surface area contributed by atoms with Crippen molar-refractivity contribution in [3.05, 3.63) is 0 Å². The molecule has 0 aromatic rings. The van der Waals surface area contributed by atoms with Gasteiger partial charge in [-0.05, 0) is 12.8 Å². The first kappa shape index (κ1) is 27.5. The van der Waals surface area contributed by atoms with Crippen LogP contribution in [0.2, 0.25) is 0 Å². The van der Waals surface area contributed by atoms with Gasteiger partial charge in [0.25, 0.3) is 0 Å². The first-order chi connectivity index (χ1) is 12.4. The first-order valence-corrected chi connectivity index (χ1v) is 10.6. The molecule has 2 rings (SSSR count). The minimum atomic E-state index is -0.708. The van der Waals surface area contributed by atoms with Crippen LogP contribution in [-0.4, -0.2) is 64.9 Å².